The third-order valence-corrected chi connectivity index (χ3v) is 7.67. The molecule has 1 fully saturated rings. The van der Waals surface area contributed by atoms with Gasteiger partial charge in [-0.1, -0.05) is 73.3 Å². The summed E-state index contributed by atoms with van der Waals surface area (Å²) in [6.45, 7) is 4.28. The Balaban J connectivity index is 0.000000209. The number of hydrogen-bond donors (Lipinski definition) is 0. The second kappa shape index (κ2) is 15.2. The lowest BCUT2D eigenvalue weighted by molar-refractivity contribution is 0.348. The molecule has 1 saturated carbocycles. The zero-order chi connectivity index (χ0) is 31.6. The molecule has 44 heavy (non-hydrogen) atoms. The minimum Gasteiger partial charge on any atom is -0.494 e. The lowest BCUT2D eigenvalue weighted by atomic mass is 9.79. The summed E-state index contributed by atoms with van der Waals surface area (Å²) in [6, 6.07) is 21.2. The largest absolute Gasteiger partial charge is 0.494 e. The van der Waals surface area contributed by atoms with E-state index < -0.39 is 23.3 Å². The van der Waals surface area contributed by atoms with E-state index in [4.69, 9.17) is 9.47 Å². The quantitative estimate of drug-likeness (QED) is 0.173. The zero-order valence-corrected chi connectivity index (χ0v) is 25.2. The number of halogens is 4. The molecule has 0 N–H and O–H groups in total. The van der Waals surface area contributed by atoms with Gasteiger partial charge in [-0.15, -0.1) is 0 Å². The van der Waals surface area contributed by atoms with Crippen molar-refractivity contribution in [2.24, 2.45) is 5.92 Å². The molecular formula is C38H34F4O2. The van der Waals surface area contributed by atoms with Crippen LogP contribution in [0.15, 0.2) is 72.8 Å². The highest BCUT2D eigenvalue weighted by molar-refractivity contribution is 5.47. The van der Waals surface area contributed by atoms with Crippen molar-refractivity contribution in [1.29, 1.82) is 0 Å². The molecule has 1 aliphatic carbocycles. The van der Waals surface area contributed by atoms with Crippen LogP contribution in [-0.4, -0.2) is 14.2 Å². The van der Waals surface area contributed by atoms with Crippen LogP contribution in [0.1, 0.15) is 71.9 Å². The van der Waals surface area contributed by atoms with E-state index in [1.165, 1.54) is 69.7 Å². The average molecular weight is 599 g/mol. The maximum Gasteiger partial charge on any atom is 0.201 e. The lowest BCUT2D eigenvalue weighted by Gasteiger charge is -2.26. The average Bonchev–Trinajstić information content (AvgIpc) is 3.04. The van der Waals surface area contributed by atoms with E-state index in [0.717, 1.165) is 22.6 Å². The van der Waals surface area contributed by atoms with Gasteiger partial charge in [0.15, 0.2) is 23.1 Å². The van der Waals surface area contributed by atoms with Gasteiger partial charge >= 0.3 is 0 Å². The number of benzene rings is 4. The smallest absolute Gasteiger partial charge is 0.201 e. The second-order valence-corrected chi connectivity index (χ2v) is 10.8. The van der Waals surface area contributed by atoms with Gasteiger partial charge in [0.2, 0.25) is 11.6 Å². The van der Waals surface area contributed by atoms with Gasteiger partial charge in [0.25, 0.3) is 0 Å². The van der Waals surface area contributed by atoms with Crippen LogP contribution >= 0.6 is 0 Å². The molecular weight excluding hydrogens is 564 g/mol. The number of ether oxygens (including phenoxy) is 2. The third-order valence-electron chi connectivity index (χ3n) is 7.67. The molecule has 2 nitrogen and oxygen atoms in total. The number of hydrogen-bond acceptors (Lipinski definition) is 2. The maximum absolute atomic E-state index is 13.9. The fourth-order valence-corrected chi connectivity index (χ4v) is 4.92. The first-order chi connectivity index (χ1) is 21.2. The highest BCUT2D eigenvalue weighted by atomic mass is 19.2. The van der Waals surface area contributed by atoms with E-state index in [9.17, 15) is 17.6 Å². The van der Waals surface area contributed by atoms with Crippen molar-refractivity contribution < 1.29 is 27.0 Å². The van der Waals surface area contributed by atoms with Crippen LogP contribution in [0, 0.1) is 59.8 Å². The molecule has 0 aromatic heterocycles. The number of rotatable bonds is 3. The molecule has 0 aliphatic heterocycles. The van der Waals surface area contributed by atoms with Gasteiger partial charge < -0.3 is 9.47 Å². The van der Waals surface area contributed by atoms with E-state index in [2.05, 4.69) is 42.7 Å². The molecule has 5 rings (SSSR count). The molecule has 0 amide bonds. The van der Waals surface area contributed by atoms with Crippen molar-refractivity contribution in [3.63, 3.8) is 0 Å². The van der Waals surface area contributed by atoms with Crippen molar-refractivity contribution in [1.82, 2.24) is 0 Å². The Labute approximate surface area is 257 Å². The van der Waals surface area contributed by atoms with Crippen molar-refractivity contribution in [2.75, 3.05) is 14.2 Å². The Kier molecular flexibility index (Phi) is 11.1. The van der Waals surface area contributed by atoms with Crippen LogP contribution in [0.4, 0.5) is 17.6 Å². The monoisotopic (exact) mass is 598 g/mol. The molecule has 0 saturated heterocycles. The van der Waals surface area contributed by atoms with Crippen LogP contribution < -0.4 is 9.47 Å². The van der Waals surface area contributed by atoms with Gasteiger partial charge in [-0.05, 0) is 85.7 Å². The Hall–Kier alpha value is -4.68. The zero-order valence-electron chi connectivity index (χ0n) is 25.2. The SMILES string of the molecule is COc1ccc(C#Cc2ccc(C)cc2)c(F)c1F.COc1ccc(C#Cc2ccc(C3CCC(C)CC3)cc2)c(F)c1F. The van der Waals surface area contributed by atoms with Gasteiger partial charge in [0.05, 0.1) is 25.3 Å². The van der Waals surface area contributed by atoms with Gasteiger partial charge in [0.1, 0.15) is 0 Å². The molecule has 1 aliphatic rings. The molecule has 0 atom stereocenters. The van der Waals surface area contributed by atoms with Gasteiger partial charge in [-0.2, -0.15) is 8.78 Å². The molecule has 4 aromatic rings. The molecule has 226 valence electrons. The molecule has 0 unspecified atom stereocenters. The van der Waals surface area contributed by atoms with Gasteiger partial charge in [-0.3, -0.25) is 0 Å². The number of aryl methyl sites for hydroxylation is 1. The first-order valence-corrected chi connectivity index (χ1v) is 14.4. The summed E-state index contributed by atoms with van der Waals surface area (Å²) < 4.78 is 64.2. The molecule has 4 aromatic carbocycles. The summed E-state index contributed by atoms with van der Waals surface area (Å²) in [6.07, 6.45) is 5.05. The normalized spacial score (nSPS) is 15.5. The Bertz CT molecular complexity index is 1700. The van der Waals surface area contributed by atoms with E-state index >= 15 is 0 Å². The van der Waals surface area contributed by atoms with Gasteiger partial charge in [-0.25, -0.2) is 8.78 Å². The minimum absolute atomic E-state index is 0.0128. The van der Waals surface area contributed by atoms with Crippen molar-refractivity contribution in [2.45, 2.75) is 45.4 Å². The molecule has 6 heteroatoms. The maximum atomic E-state index is 13.9. The van der Waals surface area contributed by atoms with Crippen LogP contribution in [0.3, 0.4) is 0 Å². The third kappa shape index (κ3) is 8.23. The van der Waals surface area contributed by atoms with Crippen LogP contribution in [0.5, 0.6) is 11.5 Å². The first-order valence-electron chi connectivity index (χ1n) is 14.4. The van der Waals surface area contributed by atoms with Crippen molar-refractivity contribution in [3.8, 4) is 35.2 Å². The predicted molar refractivity (Wildman–Crippen MR) is 166 cm³/mol. The van der Waals surface area contributed by atoms with Crippen LogP contribution in [0.2, 0.25) is 0 Å². The summed E-state index contributed by atoms with van der Waals surface area (Å²) in [5, 5.41) is 0. The second-order valence-electron chi connectivity index (χ2n) is 10.8. The Morgan fingerprint density at radius 2 is 0.977 bits per heavy atom. The van der Waals surface area contributed by atoms with E-state index in [1.807, 2.05) is 43.3 Å². The van der Waals surface area contributed by atoms with Crippen LogP contribution in [0.25, 0.3) is 0 Å². The fourth-order valence-electron chi connectivity index (χ4n) is 4.92. The summed E-state index contributed by atoms with van der Waals surface area (Å²) in [5.74, 6) is 8.27. The number of methoxy groups -OCH3 is 2. The van der Waals surface area contributed by atoms with E-state index in [-0.39, 0.29) is 22.6 Å². The molecule has 0 bridgehead atoms. The standard InChI is InChI=1S/C22H22F2O.C16H12F2O/c1-15-3-8-17(9-4-15)18-10-5-16(6-11-18)7-12-19-13-14-20(25-2)22(24)21(19)23;1-11-3-5-12(6-4-11)7-8-13-9-10-14(19-2)16(18)15(13)17/h5-6,10-11,13-15,17H,3-4,8-9H2,1-2H3;3-6,9-10H,1-2H3. The summed E-state index contributed by atoms with van der Waals surface area (Å²) in [4.78, 5) is 0. The summed E-state index contributed by atoms with van der Waals surface area (Å²) >= 11 is 0. The predicted octanol–water partition coefficient (Wildman–Crippen LogP) is 9.35. The molecule has 0 heterocycles. The Morgan fingerprint density at radius 3 is 1.41 bits per heavy atom. The van der Waals surface area contributed by atoms with Crippen molar-refractivity contribution >= 4 is 0 Å². The summed E-state index contributed by atoms with van der Waals surface area (Å²) in [5.41, 5.74) is 4.05. The highest BCUT2D eigenvalue weighted by Gasteiger charge is 2.19. The lowest BCUT2D eigenvalue weighted by Crippen LogP contribution is -2.10. The summed E-state index contributed by atoms with van der Waals surface area (Å²) in [7, 11) is 2.59. The van der Waals surface area contributed by atoms with E-state index in [0.29, 0.717) is 5.92 Å². The molecule has 0 spiro atoms. The van der Waals surface area contributed by atoms with E-state index in [1.54, 1.807) is 0 Å². The Morgan fingerprint density at radius 1 is 0.545 bits per heavy atom. The molecule has 0 radical (unpaired) electrons. The van der Waals surface area contributed by atoms with Crippen molar-refractivity contribution in [3.05, 3.63) is 129 Å². The van der Waals surface area contributed by atoms with Crippen LogP contribution in [-0.2, 0) is 0 Å². The first kappa shape index (κ1) is 32.2. The highest BCUT2D eigenvalue weighted by Crippen LogP contribution is 2.35. The van der Waals surface area contributed by atoms with Gasteiger partial charge in [0, 0.05) is 11.1 Å². The topological polar surface area (TPSA) is 18.5 Å². The minimum atomic E-state index is -1.02. The fraction of sp³-hybridized carbons (Fsp3) is 0.263.